The van der Waals surface area contributed by atoms with Gasteiger partial charge in [-0.25, -0.2) is 0 Å². The van der Waals surface area contributed by atoms with E-state index in [1.165, 1.54) is 16.5 Å². The van der Waals surface area contributed by atoms with Crippen LogP contribution < -0.4 is 0 Å². The van der Waals surface area contributed by atoms with E-state index in [1.54, 1.807) is 6.33 Å². The maximum absolute atomic E-state index is 4.11. The van der Waals surface area contributed by atoms with Crippen molar-refractivity contribution in [2.24, 2.45) is 7.05 Å². The highest BCUT2D eigenvalue weighted by Gasteiger charge is 2.05. The third kappa shape index (κ3) is 1.71. The normalized spacial score (nSPS) is 11.2. The number of benzene rings is 1. The second-order valence-corrected chi connectivity index (χ2v) is 4.36. The van der Waals surface area contributed by atoms with Crippen LogP contribution in [-0.4, -0.2) is 19.3 Å². The number of fused-ring (bicyclic) bond motifs is 1. The second kappa shape index (κ2) is 3.73. The Morgan fingerprint density at radius 2 is 2.12 bits per heavy atom. The van der Waals surface area contributed by atoms with Gasteiger partial charge in [-0.15, -0.1) is 10.2 Å². The zero-order chi connectivity index (χ0) is 11.8. The van der Waals surface area contributed by atoms with Crippen molar-refractivity contribution in [3.63, 3.8) is 0 Å². The smallest absolute Gasteiger partial charge is 0.152 e. The Balaban J connectivity index is 2.06. The lowest BCUT2D eigenvalue weighted by Crippen LogP contribution is -2.04. The van der Waals surface area contributed by atoms with E-state index in [9.17, 15) is 0 Å². The number of aromatic nitrogens is 4. The summed E-state index contributed by atoms with van der Waals surface area (Å²) in [5, 5.41) is 9.27. The van der Waals surface area contributed by atoms with Crippen molar-refractivity contribution in [2.45, 2.75) is 13.5 Å². The van der Waals surface area contributed by atoms with Gasteiger partial charge >= 0.3 is 0 Å². The van der Waals surface area contributed by atoms with E-state index >= 15 is 0 Å². The van der Waals surface area contributed by atoms with E-state index in [4.69, 9.17) is 0 Å². The Labute approximate surface area is 99.5 Å². The molecule has 0 saturated heterocycles. The SMILES string of the molecule is Cc1ccc2ccn(Cc3nncn3C)c2c1. The lowest BCUT2D eigenvalue weighted by molar-refractivity contribution is 0.716. The monoisotopic (exact) mass is 226 g/mol. The summed E-state index contributed by atoms with van der Waals surface area (Å²) in [5.41, 5.74) is 2.52. The molecular formula is C13H14N4. The van der Waals surface area contributed by atoms with E-state index in [0.29, 0.717) is 0 Å². The summed E-state index contributed by atoms with van der Waals surface area (Å²) < 4.78 is 4.15. The average molecular weight is 226 g/mol. The summed E-state index contributed by atoms with van der Waals surface area (Å²) in [6, 6.07) is 8.61. The lowest BCUT2D eigenvalue weighted by atomic mass is 10.2. The van der Waals surface area contributed by atoms with E-state index in [0.717, 1.165) is 12.4 Å². The minimum atomic E-state index is 0.753. The van der Waals surface area contributed by atoms with Gasteiger partial charge in [0.25, 0.3) is 0 Å². The van der Waals surface area contributed by atoms with Gasteiger partial charge in [-0.3, -0.25) is 0 Å². The van der Waals surface area contributed by atoms with Crippen LogP contribution in [0.25, 0.3) is 10.9 Å². The maximum Gasteiger partial charge on any atom is 0.152 e. The van der Waals surface area contributed by atoms with Crippen LogP contribution in [0.5, 0.6) is 0 Å². The molecule has 3 aromatic rings. The Morgan fingerprint density at radius 3 is 2.88 bits per heavy atom. The molecule has 0 unspecified atom stereocenters. The van der Waals surface area contributed by atoms with Crippen LogP contribution in [0.3, 0.4) is 0 Å². The molecule has 4 heteroatoms. The van der Waals surface area contributed by atoms with Crippen molar-refractivity contribution < 1.29 is 0 Å². The summed E-state index contributed by atoms with van der Waals surface area (Å²) in [6.45, 7) is 2.86. The van der Waals surface area contributed by atoms with Crippen LogP contribution in [0.1, 0.15) is 11.4 Å². The molecule has 0 radical (unpaired) electrons. The molecule has 0 spiro atoms. The first-order valence-electron chi connectivity index (χ1n) is 5.62. The first kappa shape index (κ1) is 10.1. The largest absolute Gasteiger partial charge is 0.340 e. The van der Waals surface area contributed by atoms with E-state index in [1.807, 2.05) is 11.6 Å². The summed E-state index contributed by atoms with van der Waals surface area (Å²) in [5.74, 6) is 0.962. The van der Waals surface area contributed by atoms with Gasteiger partial charge in [0.2, 0.25) is 0 Å². The van der Waals surface area contributed by atoms with Crippen LogP contribution >= 0.6 is 0 Å². The maximum atomic E-state index is 4.11. The Hall–Kier alpha value is -2.10. The quantitative estimate of drug-likeness (QED) is 0.671. The molecular weight excluding hydrogens is 212 g/mol. The fourth-order valence-electron chi connectivity index (χ4n) is 2.03. The molecule has 1 aromatic carbocycles. The predicted octanol–water partition coefficient (Wildman–Crippen LogP) is 2.13. The third-order valence-corrected chi connectivity index (χ3v) is 3.05. The molecule has 2 aromatic heterocycles. The molecule has 0 aliphatic rings. The predicted molar refractivity (Wildman–Crippen MR) is 66.8 cm³/mol. The van der Waals surface area contributed by atoms with Gasteiger partial charge in [0, 0.05) is 18.8 Å². The second-order valence-electron chi connectivity index (χ2n) is 4.36. The van der Waals surface area contributed by atoms with Gasteiger partial charge in [0.05, 0.1) is 6.54 Å². The van der Waals surface area contributed by atoms with Crippen LogP contribution in [0, 0.1) is 6.92 Å². The van der Waals surface area contributed by atoms with Crippen molar-refractivity contribution in [3.05, 3.63) is 48.2 Å². The van der Waals surface area contributed by atoms with Crippen LogP contribution in [0.2, 0.25) is 0 Å². The highest BCUT2D eigenvalue weighted by atomic mass is 15.3. The van der Waals surface area contributed by atoms with Gasteiger partial charge in [-0.2, -0.15) is 0 Å². The zero-order valence-corrected chi connectivity index (χ0v) is 9.96. The molecule has 0 saturated carbocycles. The zero-order valence-electron chi connectivity index (χ0n) is 9.96. The number of nitrogens with zero attached hydrogens (tertiary/aromatic N) is 4. The summed E-state index contributed by atoms with van der Waals surface area (Å²) in [7, 11) is 1.96. The fourth-order valence-corrected chi connectivity index (χ4v) is 2.03. The van der Waals surface area contributed by atoms with E-state index < -0.39 is 0 Å². The van der Waals surface area contributed by atoms with Gasteiger partial charge in [-0.05, 0) is 30.0 Å². The van der Waals surface area contributed by atoms with Gasteiger partial charge < -0.3 is 9.13 Å². The minimum absolute atomic E-state index is 0.753. The molecule has 2 heterocycles. The third-order valence-electron chi connectivity index (χ3n) is 3.05. The molecule has 0 aliphatic carbocycles. The highest BCUT2D eigenvalue weighted by Crippen LogP contribution is 2.18. The molecule has 17 heavy (non-hydrogen) atoms. The number of aryl methyl sites for hydroxylation is 2. The molecule has 4 nitrogen and oxygen atoms in total. The fraction of sp³-hybridized carbons (Fsp3) is 0.231. The molecule has 0 amide bonds. The first-order chi connectivity index (χ1) is 8.24. The molecule has 0 fully saturated rings. The summed E-state index contributed by atoms with van der Waals surface area (Å²) in [6.07, 6.45) is 3.82. The van der Waals surface area contributed by atoms with Crippen molar-refractivity contribution in [1.29, 1.82) is 0 Å². The Kier molecular flexibility index (Phi) is 2.21. The highest BCUT2D eigenvalue weighted by molar-refractivity contribution is 5.80. The number of hydrogen-bond donors (Lipinski definition) is 0. The lowest BCUT2D eigenvalue weighted by Gasteiger charge is -2.05. The van der Waals surface area contributed by atoms with Gasteiger partial charge in [-0.1, -0.05) is 12.1 Å². The van der Waals surface area contributed by atoms with Crippen LogP contribution in [0.15, 0.2) is 36.8 Å². The van der Waals surface area contributed by atoms with Crippen molar-refractivity contribution in [3.8, 4) is 0 Å². The van der Waals surface area contributed by atoms with Crippen molar-refractivity contribution in [2.75, 3.05) is 0 Å². The number of hydrogen-bond acceptors (Lipinski definition) is 2. The van der Waals surface area contributed by atoms with Gasteiger partial charge in [0.15, 0.2) is 5.82 Å². The van der Waals surface area contributed by atoms with Crippen LogP contribution in [-0.2, 0) is 13.6 Å². The molecule has 0 aliphatic heterocycles. The summed E-state index contributed by atoms with van der Waals surface area (Å²) >= 11 is 0. The molecule has 86 valence electrons. The Bertz CT molecular complexity index is 663. The molecule has 0 atom stereocenters. The van der Waals surface area contributed by atoms with Gasteiger partial charge in [0.1, 0.15) is 6.33 Å². The van der Waals surface area contributed by atoms with Crippen LogP contribution in [0.4, 0.5) is 0 Å². The molecule has 0 bridgehead atoms. The Morgan fingerprint density at radius 1 is 1.24 bits per heavy atom. The van der Waals surface area contributed by atoms with Crippen molar-refractivity contribution in [1.82, 2.24) is 19.3 Å². The molecule has 3 rings (SSSR count). The van der Waals surface area contributed by atoms with E-state index in [2.05, 4.69) is 52.2 Å². The van der Waals surface area contributed by atoms with E-state index in [-0.39, 0.29) is 0 Å². The average Bonchev–Trinajstić information content (AvgIpc) is 2.88. The summed E-state index contributed by atoms with van der Waals surface area (Å²) in [4.78, 5) is 0. The minimum Gasteiger partial charge on any atom is -0.340 e. The molecule has 0 N–H and O–H groups in total. The number of rotatable bonds is 2. The standard InChI is InChI=1S/C13H14N4/c1-10-3-4-11-5-6-17(12(11)7-10)8-13-15-14-9-16(13)2/h3-7,9H,8H2,1-2H3. The first-order valence-corrected chi connectivity index (χ1v) is 5.62. The topological polar surface area (TPSA) is 35.6 Å². The van der Waals surface area contributed by atoms with Crippen molar-refractivity contribution >= 4 is 10.9 Å².